The van der Waals surface area contributed by atoms with Crippen LogP contribution >= 0.6 is 11.8 Å². The summed E-state index contributed by atoms with van der Waals surface area (Å²) in [6.07, 6.45) is -1.91. The Bertz CT molecular complexity index is 787. The van der Waals surface area contributed by atoms with Crippen molar-refractivity contribution >= 4 is 29.0 Å². The van der Waals surface area contributed by atoms with Gasteiger partial charge in [-0.05, 0) is 19.1 Å². The fourth-order valence-electron chi connectivity index (χ4n) is 1.78. The molecular formula is C14H11F3N4O3S. The van der Waals surface area contributed by atoms with Gasteiger partial charge in [0.05, 0.1) is 21.4 Å². The molecule has 1 amide bonds. The Balaban J connectivity index is 2.21. The minimum absolute atomic E-state index is 0.296. The number of nitrogens with zero attached hydrogens (tertiary/aromatic N) is 3. The predicted molar refractivity (Wildman–Crippen MR) is 84.1 cm³/mol. The lowest BCUT2D eigenvalue weighted by atomic mass is 10.1. The maximum absolute atomic E-state index is 13.1. The molecule has 0 saturated carbocycles. The average molecular weight is 372 g/mol. The molecule has 0 bridgehead atoms. The summed E-state index contributed by atoms with van der Waals surface area (Å²) < 4.78 is 39.3. The van der Waals surface area contributed by atoms with E-state index in [0.29, 0.717) is 11.2 Å². The number of amides is 1. The number of carbonyl (C=O) groups excluding carboxylic acids is 1. The third-order valence-corrected chi connectivity index (χ3v) is 3.96. The van der Waals surface area contributed by atoms with Crippen molar-refractivity contribution in [1.82, 2.24) is 9.97 Å². The van der Waals surface area contributed by atoms with Gasteiger partial charge in [0.2, 0.25) is 5.91 Å². The fourth-order valence-corrected chi connectivity index (χ4v) is 2.51. The smallest absolute Gasteiger partial charge is 0.325 e. The van der Waals surface area contributed by atoms with Gasteiger partial charge in [0.15, 0.2) is 5.16 Å². The lowest BCUT2D eigenvalue weighted by Gasteiger charge is -2.15. The molecule has 2 rings (SSSR count). The van der Waals surface area contributed by atoms with E-state index in [1.54, 1.807) is 6.07 Å². The molecule has 1 aromatic carbocycles. The zero-order valence-corrected chi connectivity index (χ0v) is 13.5. The number of nitro groups is 1. The van der Waals surface area contributed by atoms with Crippen LogP contribution in [0, 0.1) is 10.1 Å². The molecule has 0 saturated heterocycles. The third kappa shape index (κ3) is 4.89. The van der Waals surface area contributed by atoms with Crippen LogP contribution in [0.25, 0.3) is 0 Å². The summed E-state index contributed by atoms with van der Waals surface area (Å²) in [5.74, 6) is -0.711. The number of non-ortho nitro benzene ring substituents is 1. The summed E-state index contributed by atoms with van der Waals surface area (Å²) in [7, 11) is 0. The molecule has 1 heterocycles. The second-order valence-electron chi connectivity index (χ2n) is 4.77. The molecule has 0 unspecified atom stereocenters. The average Bonchev–Trinajstić information content (AvgIpc) is 2.54. The van der Waals surface area contributed by atoms with Gasteiger partial charge in [-0.3, -0.25) is 14.9 Å². The number of nitrogens with one attached hydrogen (secondary N) is 1. The first-order chi connectivity index (χ1) is 11.7. The van der Waals surface area contributed by atoms with Gasteiger partial charge in [0, 0.05) is 24.5 Å². The Labute approximate surface area is 143 Å². The van der Waals surface area contributed by atoms with E-state index < -0.39 is 39.2 Å². The molecular weight excluding hydrogens is 361 g/mol. The molecule has 0 fully saturated rings. The number of anilines is 1. The molecule has 0 radical (unpaired) electrons. The number of nitro benzene ring substituents is 1. The van der Waals surface area contributed by atoms with Crippen molar-refractivity contribution in [2.24, 2.45) is 0 Å². The van der Waals surface area contributed by atoms with E-state index in [0.717, 1.165) is 23.9 Å². The Morgan fingerprint density at radius 1 is 1.32 bits per heavy atom. The quantitative estimate of drug-likeness (QED) is 0.373. The minimum Gasteiger partial charge on any atom is -0.325 e. The van der Waals surface area contributed by atoms with Crippen molar-refractivity contribution in [3.8, 4) is 0 Å². The zero-order valence-electron chi connectivity index (χ0n) is 12.6. The van der Waals surface area contributed by atoms with E-state index >= 15 is 0 Å². The SMILES string of the molecule is C[C@H](Sc1ncccn1)C(=O)Nc1ccc([N+](=O)[O-])cc1C(F)(F)F. The number of hydrogen-bond donors (Lipinski definition) is 1. The Kier molecular flexibility index (Phi) is 5.57. The van der Waals surface area contributed by atoms with Gasteiger partial charge < -0.3 is 5.32 Å². The molecule has 25 heavy (non-hydrogen) atoms. The molecule has 0 aliphatic rings. The number of thioether (sulfide) groups is 1. The van der Waals surface area contributed by atoms with Crippen molar-refractivity contribution in [2.75, 3.05) is 5.32 Å². The summed E-state index contributed by atoms with van der Waals surface area (Å²) in [5, 5.41) is 12.3. The molecule has 2 aromatic rings. The maximum atomic E-state index is 13.1. The van der Waals surface area contributed by atoms with E-state index in [1.165, 1.54) is 19.3 Å². The highest BCUT2D eigenvalue weighted by molar-refractivity contribution is 8.00. The van der Waals surface area contributed by atoms with Gasteiger partial charge in [-0.1, -0.05) is 11.8 Å². The fraction of sp³-hybridized carbons (Fsp3) is 0.214. The largest absolute Gasteiger partial charge is 0.418 e. The van der Waals surface area contributed by atoms with Crippen LogP contribution in [0.3, 0.4) is 0 Å². The molecule has 132 valence electrons. The summed E-state index contributed by atoms with van der Waals surface area (Å²) in [4.78, 5) is 29.7. The van der Waals surface area contributed by atoms with E-state index in [4.69, 9.17) is 0 Å². The minimum atomic E-state index is -4.85. The highest BCUT2D eigenvalue weighted by Gasteiger charge is 2.36. The maximum Gasteiger partial charge on any atom is 0.418 e. The van der Waals surface area contributed by atoms with Crippen LogP contribution in [-0.4, -0.2) is 26.0 Å². The van der Waals surface area contributed by atoms with Gasteiger partial charge in [-0.15, -0.1) is 0 Å². The Hall–Kier alpha value is -2.69. The Morgan fingerprint density at radius 3 is 2.52 bits per heavy atom. The first-order valence-electron chi connectivity index (χ1n) is 6.78. The predicted octanol–water partition coefficient (Wildman–Crippen LogP) is 3.52. The summed E-state index contributed by atoms with van der Waals surface area (Å²) >= 11 is 0.969. The second-order valence-corrected chi connectivity index (χ2v) is 6.07. The molecule has 1 atom stereocenters. The van der Waals surface area contributed by atoms with Crippen LogP contribution in [0.5, 0.6) is 0 Å². The van der Waals surface area contributed by atoms with Crippen LogP contribution < -0.4 is 5.32 Å². The van der Waals surface area contributed by atoms with Crippen LogP contribution in [-0.2, 0) is 11.0 Å². The van der Waals surface area contributed by atoms with Gasteiger partial charge in [-0.25, -0.2) is 9.97 Å². The van der Waals surface area contributed by atoms with Crippen molar-refractivity contribution < 1.29 is 22.9 Å². The van der Waals surface area contributed by atoms with Crippen LogP contribution in [0.2, 0.25) is 0 Å². The summed E-state index contributed by atoms with van der Waals surface area (Å²) in [6, 6.07) is 3.72. The van der Waals surface area contributed by atoms with E-state index in [1.807, 2.05) is 0 Å². The topological polar surface area (TPSA) is 98.0 Å². The second kappa shape index (κ2) is 7.47. The van der Waals surface area contributed by atoms with Gasteiger partial charge >= 0.3 is 6.18 Å². The highest BCUT2D eigenvalue weighted by atomic mass is 32.2. The van der Waals surface area contributed by atoms with Gasteiger partial charge in [-0.2, -0.15) is 13.2 Å². The zero-order chi connectivity index (χ0) is 18.6. The van der Waals surface area contributed by atoms with Crippen molar-refractivity contribution in [3.63, 3.8) is 0 Å². The number of aromatic nitrogens is 2. The van der Waals surface area contributed by atoms with Crippen LogP contribution in [0.1, 0.15) is 12.5 Å². The molecule has 1 N–H and O–H groups in total. The molecule has 0 aliphatic carbocycles. The van der Waals surface area contributed by atoms with Crippen LogP contribution in [0.15, 0.2) is 41.8 Å². The van der Waals surface area contributed by atoms with Crippen molar-refractivity contribution in [2.45, 2.75) is 23.5 Å². The van der Waals surface area contributed by atoms with Gasteiger partial charge in [0.25, 0.3) is 5.69 Å². The lowest BCUT2D eigenvalue weighted by Crippen LogP contribution is -2.24. The standard InChI is InChI=1S/C14H11F3N4O3S/c1-8(25-13-18-5-2-6-19-13)12(22)20-11-4-3-9(21(23)24)7-10(11)14(15,16)17/h2-8H,1H3,(H,20,22)/t8-/m0/s1. The Morgan fingerprint density at radius 2 is 1.96 bits per heavy atom. The first kappa shape index (κ1) is 18.6. The normalized spacial score (nSPS) is 12.5. The number of hydrogen-bond acceptors (Lipinski definition) is 6. The van der Waals surface area contributed by atoms with Crippen molar-refractivity contribution in [1.29, 1.82) is 0 Å². The number of benzene rings is 1. The third-order valence-electron chi connectivity index (χ3n) is 2.97. The van der Waals surface area contributed by atoms with E-state index in [-0.39, 0.29) is 0 Å². The van der Waals surface area contributed by atoms with E-state index in [9.17, 15) is 28.1 Å². The van der Waals surface area contributed by atoms with Crippen LogP contribution in [0.4, 0.5) is 24.5 Å². The number of alkyl halides is 3. The first-order valence-corrected chi connectivity index (χ1v) is 7.66. The number of carbonyl (C=O) groups is 1. The molecule has 0 aliphatic heterocycles. The number of halogens is 3. The molecule has 0 spiro atoms. The number of rotatable bonds is 5. The summed E-state index contributed by atoms with van der Waals surface area (Å²) in [5.41, 5.74) is -2.56. The van der Waals surface area contributed by atoms with Gasteiger partial charge in [0.1, 0.15) is 0 Å². The molecule has 7 nitrogen and oxygen atoms in total. The van der Waals surface area contributed by atoms with E-state index in [2.05, 4.69) is 15.3 Å². The molecule has 11 heteroatoms. The summed E-state index contributed by atoms with van der Waals surface area (Å²) in [6.45, 7) is 1.48. The monoisotopic (exact) mass is 372 g/mol. The lowest BCUT2D eigenvalue weighted by molar-refractivity contribution is -0.385. The molecule has 1 aromatic heterocycles. The van der Waals surface area contributed by atoms with Crippen molar-refractivity contribution in [3.05, 3.63) is 52.3 Å². The highest BCUT2D eigenvalue weighted by Crippen LogP contribution is 2.37.